The molecule has 0 aromatic carbocycles. The summed E-state index contributed by atoms with van der Waals surface area (Å²) < 4.78 is 0. The van der Waals surface area contributed by atoms with Gasteiger partial charge in [0, 0.05) is 36.6 Å². The van der Waals surface area contributed by atoms with Crippen molar-refractivity contribution in [3.8, 4) is 0 Å². The van der Waals surface area contributed by atoms with E-state index in [9.17, 15) is 0 Å². The second-order valence-corrected chi connectivity index (χ2v) is 6.10. The first-order chi connectivity index (χ1) is 9.29. The first-order valence-corrected chi connectivity index (χ1v) is 7.64. The van der Waals surface area contributed by atoms with Crippen molar-refractivity contribution in [1.29, 1.82) is 0 Å². The topological polar surface area (TPSA) is 28.2 Å². The predicted octanol–water partition coefficient (Wildman–Crippen LogP) is 2.75. The standard InChI is InChI=1S/C16H25N3/c1-12(13-6-8-18-9-7-13)19-15-4-3-5-16(19)11-14(10-15)17-2/h6-9,12,14-17H,3-5,10-11H2,1-2H3. The second-order valence-electron chi connectivity index (χ2n) is 6.10. The number of aromatic nitrogens is 1. The fourth-order valence-electron chi connectivity index (χ4n) is 4.10. The number of hydrogen-bond donors (Lipinski definition) is 1. The summed E-state index contributed by atoms with van der Waals surface area (Å²) in [5, 5.41) is 3.50. The van der Waals surface area contributed by atoms with Crippen LogP contribution in [0, 0.1) is 0 Å². The molecule has 0 amide bonds. The number of rotatable bonds is 3. The maximum atomic E-state index is 4.14. The van der Waals surface area contributed by atoms with E-state index in [2.05, 4.69) is 41.3 Å². The first kappa shape index (κ1) is 13.1. The molecule has 3 rings (SSSR count). The van der Waals surface area contributed by atoms with E-state index >= 15 is 0 Å². The zero-order valence-electron chi connectivity index (χ0n) is 12.0. The maximum Gasteiger partial charge on any atom is 0.0326 e. The predicted molar refractivity (Wildman–Crippen MR) is 78.0 cm³/mol. The van der Waals surface area contributed by atoms with Gasteiger partial charge in [-0.1, -0.05) is 6.42 Å². The van der Waals surface area contributed by atoms with Crippen LogP contribution >= 0.6 is 0 Å². The Balaban J connectivity index is 1.80. The Morgan fingerprint density at radius 1 is 1.21 bits per heavy atom. The number of nitrogens with zero attached hydrogens (tertiary/aromatic N) is 2. The molecular formula is C16H25N3. The molecule has 19 heavy (non-hydrogen) atoms. The minimum absolute atomic E-state index is 0.524. The molecule has 3 unspecified atom stereocenters. The van der Waals surface area contributed by atoms with Gasteiger partial charge in [-0.05, 0) is 57.4 Å². The molecule has 2 aliphatic rings. The van der Waals surface area contributed by atoms with Gasteiger partial charge in [0.05, 0.1) is 0 Å². The van der Waals surface area contributed by atoms with E-state index in [1.54, 1.807) is 0 Å². The molecule has 1 N–H and O–H groups in total. The lowest BCUT2D eigenvalue weighted by molar-refractivity contribution is -0.00517. The van der Waals surface area contributed by atoms with Crippen LogP contribution in [0.15, 0.2) is 24.5 Å². The minimum atomic E-state index is 0.524. The summed E-state index contributed by atoms with van der Waals surface area (Å²) in [6.45, 7) is 2.36. The molecule has 2 saturated heterocycles. The lowest BCUT2D eigenvalue weighted by atomic mass is 9.80. The summed E-state index contributed by atoms with van der Waals surface area (Å²) >= 11 is 0. The molecule has 3 atom stereocenters. The van der Waals surface area contributed by atoms with Crippen LogP contribution in [0.25, 0.3) is 0 Å². The normalized spacial score (nSPS) is 33.1. The van der Waals surface area contributed by atoms with Gasteiger partial charge in [0.25, 0.3) is 0 Å². The van der Waals surface area contributed by atoms with Crippen molar-refractivity contribution in [3.63, 3.8) is 0 Å². The molecule has 2 bridgehead atoms. The molecule has 0 saturated carbocycles. The van der Waals surface area contributed by atoms with Crippen LogP contribution in [0.2, 0.25) is 0 Å². The third kappa shape index (κ3) is 2.54. The molecule has 1 aromatic heterocycles. The molecule has 2 fully saturated rings. The maximum absolute atomic E-state index is 4.14. The van der Waals surface area contributed by atoms with Crippen molar-refractivity contribution in [1.82, 2.24) is 15.2 Å². The second kappa shape index (κ2) is 5.59. The van der Waals surface area contributed by atoms with Crippen molar-refractivity contribution in [2.24, 2.45) is 0 Å². The van der Waals surface area contributed by atoms with Gasteiger partial charge >= 0.3 is 0 Å². The molecule has 2 aliphatic heterocycles. The van der Waals surface area contributed by atoms with Gasteiger partial charge in [0.1, 0.15) is 0 Å². The van der Waals surface area contributed by atoms with Crippen molar-refractivity contribution in [2.45, 2.75) is 63.2 Å². The fraction of sp³-hybridized carbons (Fsp3) is 0.688. The van der Waals surface area contributed by atoms with E-state index in [1.807, 2.05) is 12.4 Å². The highest BCUT2D eigenvalue weighted by Gasteiger charge is 2.40. The average molecular weight is 259 g/mol. The highest BCUT2D eigenvalue weighted by molar-refractivity contribution is 5.16. The van der Waals surface area contributed by atoms with Gasteiger partial charge in [0.2, 0.25) is 0 Å². The molecule has 3 heterocycles. The monoisotopic (exact) mass is 259 g/mol. The van der Waals surface area contributed by atoms with Crippen LogP contribution in [-0.2, 0) is 0 Å². The average Bonchev–Trinajstić information content (AvgIpc) is 2.46. The smallest absolute Gasteiger partial charge is 0.0326 e. The minimum Gasteiger partial charge on any atom is -0.317 e. The third-order valence-electron chi connectivity index (χ3n) is 5.08. The van der Waals surface area contributed by atoms with Gasteiger partial charge in [0.15, 0.2) is 0 Å². The Morgan fingerprint density at radius 2 is 1.84 bits per heavy atom. The van der Waals surface area contributed by atoms with Gasteiger partial charge in [-0.2, -0.15) is 0 Å². The van der Waals surface area contributed by atoms with E-state index in [0.717, 1.165) is 18.1 Å². The van der Waals surface area contributed by atoms with Crippen molar-refractivity contribution in [3.05, 3.63) is 30.1 Å². The molecule has 0 spiro atoms. The van der Waals surface area contributed by atoms with E-state index in [1.165, 1.54) is 37.7 Å². The number of pyridine rings is 1. The summed E-state index contributed by atoms with van der Waals surface area (Å²) in [5.41, 5.74) is 1.41. The summed E-state index contributed by atoms with van der Waals surface area (Å²) in [4.78, 5) is 6.93. The molecule has 0 radical (unpaired) electrons. The van der Waals surface area contributed by atoms with Crippen LogP contribution in [0.1, 0.15) is 50.6 Å². The molecule has 3 heteroatoms. The Hall–Kier alpha value is -0.930. The molecule has 1 aromatic rings. The summed E-state index contributed by atoms with van der Waals surface area (Å²) in [7, 11) is 2.11. The lowest BCUT2D eigenvalue weighted by Gasteiger charge is -2.51. The quantitative estimate of drug-likeness (QED) is 0.904. The Bertz CT molecular complexity index is 392. The van der Waals surface area contributed by atoms with Crippen LogP contribution in [0.3, 0.4) is 0 Å². The number of hydrogen-bond acceptors (Lipinski definition) is 3. The van der Waals surface area contributed by atoms with Crippen LogP contribution in [-0.4, -0.2) is 35.1 Å². The van der Waals surface area contributed by atoms with Gasteiger partial charge in [-0.3, -0.25) is 9.88 Å². The number of fused-ring (bicyclic) bond motifs is 2. The zero-order chi connectivity index (χ0) is 13.2. The van der Waals surface area contributed by atoms with Crippen molar-refractivity contribution >= 4 is 0 Å². The van der Waals surface area contributed by atoms with E-state index in [4.69, 9.17) is 0 Å². The Kier molecular flexibility index (Phi) is 3.85. The van der Waals surface area contributed by atoms with Crippen LogP contribution in [0.5, 0.6) is 0 Å². The zero-order valence-corrected chi connectivity index (χ0v) is 12.0. The summed E-state index contributed by atoms with van der Waals surface area (Å²) in [5.74, 6) is 0. The van der Waals surface area contributed by atoms with E-state index in [0.29, 0.717) is 6.04 Å². The first-order valence-electron chi connectivity index (χ1n) is 7.64. The van der Waals surface area contributed by atoms with E-state index in [-0.39, 0.29) is 0 Å². The van der Waals surface area contributed by atoms with Gasteiger partial charge in [-0.25, -0.2) is 0 Å². The number of nitrogens with one attached hydrogen (secondary N) is 1. The highest BCUT2D eigenvalue weighted by Crippen LogP contribution is 2.39. The van der Waals surface area contributed by atoms with Gasteiger partial charge in [-0.15, -0.1) is 0 Å². The largest absolute Gasteiger partial charge is 0.317 e. The summed E-state index contributed by atoms with van der Waals surface area (Å²) in [6.07, 6.45) is 10.6. The lowest BCUT2D eigenvalue weighted by Crippen LogP contribution is -2.56. The SMILES string of the molecule is CNC1CC2CCCC(C1)N2C(C)c1ccncc1. The highest BCUT2D eigenvalue weighted by atomic mass is 15.2. The Morgan fingerprint density at radius 3 is 2.42 bits per heavy atom. The Labute approximate surface area is 116 Å². The molecule has 3 nitrogen and oxygen atoms in total. The van der Waals surface area contributed by atoms with Crippen LogP contribution < -0.4 is 5.32 Å². The third-order valence-corrected chi connectivity index (χ3v) is 5.08. The van der Waals surface area contributed by atoms with E-state index < -0.39 is 0 Å². The molecule has 104 valence electrons. The fourth-order valence-corrected chi connectivity index (χ4v) is 4.10. The van der Waals surface area contributed by atoms with Crippen molar-refractivity contribution < 1.29 is 0 Å². The summed E-state index contributed by atoms with van der Waals surface area (Å²) in [6, 6.07) is 7.10. The van der Waals surface area contributed by atoms with Crippen molar-refractivity contribution in [2.75, 3.05) is 7.05 Å². The van der Waals surface area contributed by atoms with Gasteiger partial charge < -0.3 is 5.32 Å². The molecule has 0 aliphatic carbocycles. The van der Waals surface area contributed by atoms with Crippen LogP contribution in [0.4, 0.5) is 0 Å². The number of piperidine rings is 2. The molecular weight excluding hydrogens is 234 g/mol.